The van der Waals surface area contributed by atoms with Crippen molar-refractivity contribution in [3.8, 4) is 0 Å². The van der Waals surface area contributed by atoms with E-state index in [-0.39, 0.29) is 30.5 Å². The van der Waals surface area contributed by atoms with Gasteiger partial charge >= 0.3 is 0 Å². The van der Waals surface area contributed by atoms with Crippen LogP contribution >= 0.6 is 0 Å². The Morgan fingerprint density at radius 2 is 1.80 bits per heavy atom. The number of sulfone groups is 1. The third kappa shape index (κ3) is 4.66. The molecule has 1 amide bonds. The SMILES string of the molecule is CC1CC(Nc2ncc(C(=O)N3CCS(=O)(=O)CC3)c3c2CCCC3)CC(C)(C)C1. The van der Waals surface area contributed by atoms with Crippen molar-refractivity contribution in [2.24, 2.45) is 11.3 Å². The number of pyridine rings is 1. The second kappa shape index (κ2) is 8.13. The predicted octanol–water partition coefficient (Wildman–Crippen LogP) is 3.46. The molecule has 0 bridgehead atoms. The highest BCUT2D eigenvalue weighted by molar-refractivity contribution is 7.91. The minimum atomic E-state index is -3.01. The Morgan fingerprint density at radius 1 is 1.13 bits per heavy atom. The number of anilines is 1. The van der Waals surface area contributed by atoms with Gasteiger partial charge in [-0.1, -0.05) is 20.8 Å². The van der Waals surface area contributed by atoms with Gasteiger partial charge in [0.25, 0.3) is 5.91 Å². The van der Waals surface area contributed by atoms with E-state index in [1.807, 2.05) is 0 Å². The van der Waals surface area contributed by atoms with Crippen LogP contribution in [0.3, 0.4) is 0 Å². The first-order valence-corrected chi connectivity index (χ1v) is 13.2. The lowest BCUT2D eigenvalue weighted by molar-refractivity contribution is 0.0768. The number of nitrogens with zero attached hydrogens (tertiary/aromatic N) is 2. The summed E-state index contributed by atoms with van der Waals surface area (Å²) < 4.78 is 23.5. The normalized spacial score (nSPS) is 27.9. The highest BCUT2D eigenvalue weighted by Gasteiger charge is 2.33. The molecule has 2 fully saturated rings. The number of hydrogen-bond acceptors (Lipinski definition) is 5. The highest BCUT2D eigenvalue weighted by atomic mass is 32.2. The van der Waals surface area contributed by atoms with Crippen molar-refractivity contribution in [3.63, 3.8) is 0 Å². The molecule has 0 spiro atoms. The smallest absolute Gasteiger partial charge is 0.255 e. The van der Waals surface area contributed by atoms with Crippen molar-refractivity contribution in [1.82, 2.24) is 9.88 Å². The molecule has 0 radical (unpaired) electrons. The van der Waals surface area contributed by atoms with E-state index in [9.17, 15) is 13.2 Å². The first kappa shape index (κ1) is 21.6. The molecule has 1 aromatic rings. The van der Waals surface area contributed by atoms with E-state index in [1.54, 1.807) is 11.1 Å². The van der Waals surface area contributed by atoms with Crippen LogP contribution in [0.15, 0.2) is 6.20 Å². The average molecular weight is 434 g/mol. The van der Waals surface area contributed by atoms with Gasteiger partial charge in [-0.25, -0.2) is 13.4 Å². The number of fused-ring (bicyclic) bond motifs is 1. The summed E-state index contributed by atoms with van der Waals surface area (Å²) >= 11 is 0. The quantitative estimate of drug-likeness (QED) is 0.790. The van der Waals surface area contributed by atoms with Gasteiger partial charge in [0.1, 0.15) is 5.82 Å². The molecule has 166 valence electrons. The van der Waals surface area contributed by atoms with Crippen LogP contribution in [0.1, 0.15) is 74.4 Å². The van der Waals surface area contributed by atoms with Gasteiger partial charge in [0.05, 0.1) is 17.1 Å². The molecule has 2 aliphatic carbocycles. The van der Waals surface area contributed by atoms with Crippen molar-refractivity contribution in [1.29, 1.82) is 0 Å². The maximum absolute atomic E-state index is 13.2. The second-order valence-electron chi connectivity index (χ2n) is 10.4. The fraction of sp³-hybridized carbons (Fsp3) is 0.739. The van der Waals surface area contributed by atoms with Gasteiger partial charge in [0.2, 0.25) is 0 Å². The summed E-state index contributed by atoms with van der Waals surface area (Å²) in [7, 11) is -3.01. The van der Waals surface area contributed by atoms with E-state index < -0.39 is 9.84 Å². The van der Waals surface area contributed by atoms with Gasteiger partial charge in [-0.3, -0.25) is 4.79 Å². The second-order valence-corrected chi connectivity index (χ2v) is 12.7. The van der Waals surface area contributed by atoms with Crippen LogP contribution in [0, 0.1) is 11.3 Å². The molecule has 4 rings (SSSR count). The van der Waals surface area contributed by atoms with Gasteiger partial charge in [-0.15, -0.1) is 0 Å². The Morgan fingerprint density at radius 3 is 2.47 bits per heavy atom. The summed E-state index contributed by atoms with van der Waals surface area (Å²) in [5, 5.41) is 3.74. The molecule has 2 atom stereocenters. The van der Waals surface area contributed by atoms with E-state index in [0.29, 0.717) is 22.9 Å². The Labute approximate surface area is 180 Å². The number of hydrogen-bond donors (Lipinski definition) is 1. The Balaban J connectivity index is 1.57. The molecule has 1 aromatic heterocycles. The predicted molar refractivity (Wildman–Crippen MR) is 120 cm³/mol. The highest BCUT2D eigenvalue weighted by Crippen LogP contribution is 2.40. The van der Waals surface area contributed by atoms with Crippen LogP contribution in [0.2, 0.25) is 0 Å². The zero-order valence-corrected chi connectivity index (χ0v) is 19.4. The molecule has 1 aliphatic heterocycles. The summed E-state index contributed by atoms with van der Waals surface area (Å²) in [6.07, 6.45) is 9.33. The van der Waals surface area contributed by atoms with Crippen molar-refractivity contribution >= 4 is 21.6 Å². The minimum Gasteiger partial charge on any atom is -0.367 e. The van der Waals surface area contributed by atoms with Crippen LogP contribution in [0.25, 0.3) is 0 Å². The molecule has 1 saturated carbocycles. The van der Waals surface area contributed by atoms with Crippen molar-refractivity contribution in [3.05, 3.63) is 22.9 Å². The summed E-state index contributed by atoms with van der Waals surface area (Å²) in [6.45, 7) is 7.59. The summed E-state index contributed by atoms with van der Waals surface area (Å²) in [5.74, 6) is 1.71. The number of rotatable bonds is 3. The number of carbonyl (C=O) groups is 1. The lowest BCUT2D eigenvalue weighted by atomic mass is 9.70. The molecule has 1 N–H and O–H groups in total. The molecule has 2 unspecified atom stereocenters. The first-order chi connectivity index (χ1) is 14.1. The fourth-order valence-corrected chi connectivity index (χ4v) is 6.99. The van der Waals surface area contributed by atoms with Crippen LogP contribution < -0.4 is 5.32 Å². The van der Waals surface area contributed by atoms with Crippen molar-refractivity contribution < 1.29 is 13.2 Å². The van der Waals surface area contributed by atoms with Crippen LogP contribution in [-0.2, 0) is 22.7 Å². The van der Waals surface area contributed by atoms with Gasteiger partial charge in [-0.2, -0.15) is 0 Å². The number of nitrogens with one attached hydrogen (secondary N) is 1. The van der Waals surface area contributed by atoms with Gasteiger partial charge < -0.3 is 10.2 Å². The number of amides is 1. The van der Waals surface area contributed by atoms with Crippen molar-refractivity contribution in [2.45, 2.75) is 71.8 Å². The summed E-state index contributed by atoms with van der Waals surface area (Å²) in [5.41, 5.74) is 3.33. The molecule has 6 nitrogen and oxygen atoms in total. The van der Waals surface area contributed by atoms with E-state index in [1.165, 1.54) is 12.0 Å². The Hall–Kier alpha value is -1.63. The number of carbonyl (C=O) groups excluding carboxylic acids is 1. The van der Waals surface area contributed by atoms with E-state index in [4.69, 9.17) is 4.98 Å². The number of aromatic nitrogens is 1. The molecule has 2 heterocycles. The monoisotopic (exact) mass is 433 g/mol. The summed E-state index contributed by atoms with van der Waals surface area (Å²) in [4.78, 5) is 19.6. The maximum Gasteiger partial charge on any atom is 0.255 e. The van der Waals surface area contributed by atoms with Crippen LogP contribution in [0.5, 0.6) is 0 Å². The van der Waals surface area contributed by atoms with E-state index in [0.717, 1.165) is 49.9 Å². The largest absolute Gasteiger partial charge is 0.367 e. The molecule has 7 heteroatoms. The van der Waals surface area contributed by atoms with Crippen LogP contribution in [-0.4, -0.2) is 54.8 Å². The van der Waals surface area contributed by atoms with Gasteiger partial charge in [0.15, 0.2) is 9.84 Å². The molecule has 1 saturated heterocycles. The average Bonchev–Trinajstić information content (AvgIpc) is 2.66. The maximum atomic E-state index is 13.2. The van der Waals surface area contributed by atoms with Gasteiger partial charge in [-0.05, 0) is 67.4 Å². The van der Waals surface area contributed by atoms with Crippen LogP contribution in [0.4, 0.5) is 5.82 Å². The van der Waals surface area contributed by atoms with E-state index in [2.05, 4.69) is 26.1 Å². The zero-order valence-electron chi connectivity index (χ0n) is 18.5. The molecular weight excluding hydrogens is 398 g/mol. The standard InChI is InChI=1S/C23H35N3O3S/c1-16-12-17(14-23(2,3)13-16)25-21-19-7-5-4-6-18(19)20(15-24-21)22(27)26-8-10-30(28,29)11-9-26/h15-17H,4-14H2,1-3H3,(H,24,25). The molecular formula is C23H35N3O3S. The zero-order chi connectivity index (χ0) is 21.5. The van der Waals surface area contributed by atoms with E-state index >= 15 is 0 Å². The molecule has 3 aliphatic rings. The minimum absolute atomic E-state index is 0.0592. The van der Waals surface area contributed by atoms with Crippen molar-refractivity contribution in [2.75, 3.05) is 29.9 Å². The Bertz CT molecular complexity index is 912. The third-order valence-electron chi connectivity index (χ3n) is 6.99. The third-order valence-corrected chi connectivity index (χ3v) is 8.60. The topological polar surface area (TPSA) is 79.4 Å². The lowest BCUT2D eigenvalue weighted by Gasteiger charge is -2.40. The fourth-order valence-electron chi connectivity index (χ4n) is 5.79. The lowest BCUT2D eigenvalue weighted by Crippen LogP contribution is -2.44. The first-order valence-electron chi connectivity index (χ1n) is 11.4. The molecule has 30 heavy (non-hydrogen) atoms. The Kier molecular flexibility index (Phi) is 5.86. The van der Waals surface area contributed by atoms with Gasteiger partial charge in [0, 0.05) is 25.3 Å². The summed E-state index contributed by atoms with van der Waals surface area (Å²) in [6, 6.07) is 0.413. The molecule has 0 aromatic carbocycles.